The second-order valence-electron chi connectivity index (χ2n) is 18.5. The molecule has 438 valence electrons. The number of aliphatic hydroxyl groups is 14. The SMILES string of the molecule is CC(C(O)CCC(=O)CCC(NCc1cccc(CN(CCN(CCN)C(CCC(=O)NCC(O)C(O)C(O)C(O)CO)C(=O)O)C(CCC(=O)NCC(O)C(O)C(O)C(O)CO)C(=O)O)n1)C(=O)O)C(O)C(O)CO. The van der Waals surface area contributed by atoms with Gasteiger partial charge in [0.2, 0.25) is 11.8 Å². The van der Waals surface area contributed by atoms with Crippen molar-refractivity contribution in [1.82, 2.24) is 30.7 Å². The van der Waals surface area contributed by atoms with E-state index in [4.69, 9.17) is 21.1 Å². The van der Waals surface area contributed by atoms with Crippen LogP contribution in [0.25, 0.3) is 0 Å². The van der Waals surface area contributed by atoms with Crippen LogP contribution in [0.15, 0.2) is 18.2 Å². The van der Waals surface area contributed by atoms with Crippen molar-refractivity contribution >= 4 is 35.5 Å². The van der Waals surface area contributed by atoms with Gasteiger partial charge in [0, 0.05) is 84.0 Å². The molecule has 0 saturated heterocycles. The van der Waals surface area contributed by atoms with Gasteiger partial charge in [0.25, 0.3) is 0 Å². The van der Waals surface area contributed by atoms with E-state index >= 15 is 0 Å². The molecule has 0 aromatic carbocycles. The lowest BCUT2D eigenvalue weighted by atomic mass is 9.90. The number of nitrogens with two attached hydrogens (primary N) is 1. The number of carbonyl (C=O) groups is 6. The molecule has 22 N–H and O–H groups in total. The number of carboxylic acids is 3. The summed E-state index contributed by atoms with van der Waals surface area (Å²) in [7, 11) is 0. The lowest BCUT2D eigenvalue weighted by Crippen LogP contribution is -2.51. The van der Waals surface area contributed by atoms with Gasteiger partial charge < -0.3 is 103 Å². The Hall–Kier alpha value is -4.55. The number of Topliss-reactive ketones (excluding diaryl/α,β-unsaturated/α-hetero) is 1. The van der Waals surface area contributed by atoms with Gasteiger partial charge in [0.05, 0.1) is 55.6 Å². The number of ketones is 1. The van der Waals surface area contributed by atoms with Gasteiger partial charge >= 0.3 is 17.9 Å². The molecule has 0 fully saturated rings. The van der Waals surface area contributed by atoms with E-state index in [9.17, 15) is 100 Å². The van der Waals surface area contributed by atoms with E-state index < -0.39 is 179 Å². The minimum absolute atomic E-state index is 0.0990. The molecule has 0 aliphatic rings. The van der Waals surface area contributed by atoms with E-state index in [0.29, 0.717) is 0 Å². The molecule has 76 heavy (non-hydrogen) atoms. The van der Waals surface area contributed by atoms with Crippen LogP contribution in [-0.4, -0.2) is 281 Å². The van der Waals surface area contributed by atoms with E-state index in [-0.39, 0.29) is 82.8 Å². The summed E-state index contributed by atoms with van der Waals surface area (Å²) in [6.07, 6.45) is -21.9. The third-order valence-corrected chi connectivity index (χ3v) is 12.7. The van der Waals surface area contributed by atoms with Crippen molar-refractivity contribution in [2.24, 2.45) is 11.7 Å². The second-order valence-corrected chi connectivity index (χ2v) is 18.5. The molecular weight excluding hydrogens is 1020 g/mol. The number of pyridine rings is 1. The zero-order valence-corrected chi connectivity index (χ0v) is 42.3. The number of nitrogens with zero attached hydrogens (tertiary/aromatic N) is 3. The molecule has 0 aliphatic carbocycles. The molecule has 15 unspecified atom stereocenters. The van der Waals surface area contributed by atoms with Crippen LogP contribution in [0.5, 0.6) is 0 Å². The first-order valence-electron chi connectivity index (χ1n) is 24.7. The summed E-state index contributed by atoms with van der Waals surface area (Å²) in [5, 5.41) is 175. The van der Waals surface area contributed by atoms with Crippen molar-refractivity contribution in [3.8, 4) is 0 Å². The minimum atomic E-state index is -2.01. The van der Waals surface area contributed by atoms with Crippen LogP contribution in [0.1, 0.15) is 69.7 Å². The zero-order valence-electron chi connectivity index (χ0n) is 42.3. The summed E-state index contributed by atoms with van der Waals surface area (Å²) in [6.45, 7) is -3.67. The Bertz CT molecular complexity index is 1900. The van der Waals surface area contributed by atoms with Gasteiger partial charge in [-0.15, -0.1) is 0 Å². The lowest BCUT2D eigenvalue weighted by Gasteiger charge is -2.34. The fourth-order valence-corrected chi connectivity index (χ4v) is 7.79. The maximum absolute atomic E-state index is 13.0. The quantitative estimate of drug-likeness (QED) is 0.0289. The Kier molecular flexibility index (Phi) is 33.4. The van der Waals surface area contributed by atoms with E-state index in [1.54, 1.807) is 0 Å². The maximum Gasteiger partial charge on any atom is 0.320 e. The molecule has 0 aliphatic heterocycles. The summed E-state index contributed by atoms with van der Waals surface area (Å²) in [5.41, 5.74) is 6.32. The van der Waals surface area contributed by atoms with Gasteiger partial charge in [-0.1, -0.05) is 13.0 Å². The Morgan fingerprint density at radius 2 is 0.974 bits per heavy atom. The standard InChI is InChI=1S/C46H81N7O23/c1-24(39(66)34(61)21-54)31(58)10-6-27(57)5-7-28(44(71)72)48-17-25-3-2-4-26(51-25)20-53(30(46(75)76)9-12-38(65)50-19-33(60)41(68)43(70)36(63)23-56)16-15-52(14-13-47)29(45(73)74)8-11-37(64)49-18-32(59)40(67)42(69)35(62)22-55/h2-4,24,28-36,39-43,48,54-56,58-63,66-70H,5-23,47H2,1H3,(H,49,64)(H,50,65)(H,71,72)(H,73,74)(H,75,76). The fourth-order valence-electron chi connectivity index (χ4n) is 7.79. The predicted molar refractivity (Wildman–Crippen MR) is 261 cm³/mol. The smallest absolute Gasteiger partial charge is 0.320 e. The highest BCUT2D eigenvalue weighted by atomic mass is 16.4. The Morgan fingerprint density at radius 1 is 0.539 bits per heavy atom. The van der Waals surface area contributed by atoms with Crippen LogP contribution < -0.4 is 21.7 Å². The highest BCUT2D eigenvalue weighted by Gasteiger charge is 2.34. The Labute approximate surface area is 438 Å². The molecule has 15 atom stereocenters. The molecule has 0 bridgehead atoms. The first-order chi connectivity index (χ1) is 35.7. The van der Waals surface area contributed by atoms with Crippen LogP contribution >= 0.6 is 0 Å². The van der Waals surface area contributed by atoms with Gasteiger partial charge in [0.15, 0.2) is 0 Å². The van der Waals surface area contributed by atoms with Crippen molar-refractivity contribution in [3.63, 3.8) is 0 Å². The molecular formula is C46H81N7O23. The Morgan fingerprint density at radius 3 is 1.43 bits per heavy atom. The van der Waals surface area contributed by atoms with Crippen molar-refractivity contribution in [3.05, 3.63) is 29.6 Å². The van der Waals surface area contributed by atoms with Crippen molar-refractivity contribution in [2.45, 2.75) is 157 Å². The van der Waals surface area contributed by atoms with Crippen LogP contribution in [0.4, 0.5) is 0 Å². The van der Waals surface area contributed by atoms with Gasteiger partial charge in [-0.05, 0) is 37.8 Å². The molecule has 30 nitrogen and oxygen atoms in total. The van der Waals surface area contributed by atoms with Gasteiger partial charge in [-0.2, -0.15) is 0 Å². The normalized spacial score (nSPS) is 17.9. The molecule has 0 spiro atoms. The number of carboxylic acid groups (broad SMARTS) is 3. The first-order valence-corrected chi connectivity index (χ1v) is 24.7. The number of aromatic nitrogens is 1. The first kappa shape index (κ1) is 69.5. The summed E-state index contributed by atoms with van der Waals surface area (Å²) in [5.74, 6) is -7.09. The third-order valence-electron chi connectivity index (χ3n) is 12.7. The third kappa shape index (κ3) is 24.8. The average molecular weight is 1100 g/mol. The number of carbonyl (C=O) groups excluding carboxylic acids is 3. The molecule has 0 saturated carbocycles. The number of hydrogen-bond donors (Lipinski definition) is 21. The summed E-state index contributed by atoms with van der Waals surface area (Å²) < 4.78 is 0. The van der Waals surface area contributed by atoms with Crippen molar-refractivity contribution in [1.29, 1.82) is 0 Å². The van der Waals surface area contributed by atoms with E-state index in [0.717, 1.165) is 0 Å². The largest absolute Gasteiger partial charge is 0.480 e. The molecule has 0 radical (unpaired) electrons. The topological polar surface area (TPSA) is 528 Å². The number of amides is 2. The lowest BCUT2D eigenvalue weighted by molar-refractivity contribution is -0.146. The summed E-state index contributed by atoms with van der Waals surface area (Å²) in [6, 6.07) is 0.347. The van der Waals surface area contributed by atoms with E-state index in [2.05, 4.69) is 20.9 Å². The average Bonchev–Trinajstić information content (AvgIpc) is 3.39. The Balaban J connectivity index is 3.34. The van der Waals surface area contributed by atoms with Crippen LogP contribution in [0.2, 0.25) is 0 Å². The van der Waals surface area contributed by atoms with E-state index in [1.807, 2.05) is 0 Å². The number of hydrogen-bond acceptors (Lipinski definition) is 25. The molecule has 30 heteroatoms. The minimum Gasteiger partial charge on any atom is -0.480 e. The van der Waals surface area contributed by atoms with Crippen LogP contribution in [-0.2, 0) is 41.9 Å². The summed E-state index contributed by atoms with van der Waals surface area (Å²) >= 11 is 0. The monoisotopic (exact) mass is 1100 g/mol. The van der Waals surface area contributed by atoms with Crippen LogP contribution in [0.3, 0.4) is 0 Å². The zero-order chi connectivity index (χ0) is 57.8. The fraction of sp³-hybridized carbons (Fsp3) is 0.761. The number of aliphatic hydroxyl groups excluding tert-OH is 14. The molecule has 2 amide bonds. The van der Waals surface area contributed by atoms with Gasteiger partial charge in [0.1, 0.15) is 66.6 Å². The molecule has 1 rings (SSSR count). The van der Waals surface area contributed by atoms with Crippen molar-refractivity contribution < 1.29 is 116 Å². The molecule has 1 aromatic rings. The molecule has 1 aromatic heterocycles. The second kappa shape index (κ2) is 36.5. The van der Waals surface area contributed by atoms with Gasteiger partial charge in [-0.3, -0.25) is 48.9 Å². The highest BCUT2D eigenvalue weighted by molar-refractivity contribution is 5.80. The summed E-state index contributed by atoms with van der Waals surface area (Å²) in [4.78, 5) is 83.4. The maximum atomic E-state index is 13.0. The highest BCUT2D eigenvalue weighted by Crippen LogP contribution is 2.19. The predicted octanol–water partition coefficient (Wildman–Crippen LogP) is -8.90. The number of aliphatic carboxylic acids is 3. The number of rotatable bonds is 43. The number of nitrogens with one attached hydrogen (secondary N) is 3. The van der Waals surface area contributed by atoms with E-state index in [1.165, 1.54) is 34.9 Å². The van der Waals surface area contributed by atoms with Crippen molar-refractivity contribution in [2.75, 3.05) is 59.1 Å². The molecule has 1 heterocycles. The van der Waals surface area contributed by atoms with Gasteiger partial charge in [-0.25, -0.2) is 0 Å². The van der Waals surface area contributed by atoms with Crippen LogP contribution in [0, 0.1) is 5.92 Å².